The molecule has 0 saturated carbocycles. The number of unbranched alkanes of at least 4 members (excludes halogenated alkanes) is 1. The van der Waals surface area contributed by atoms with Crippen molar-refractivity contribution in [2.24, 2.45) is 0 Å². The van der Waals surface area contributed by atoms with Gasteiger partial charge in [0, 0.05) is 0 Å². The Morgan fingerprint density at radius 1 is 1.32 bits per heavy atom. The van der Waals surface area contributed by atoms with Gasteiger partial charge in [-0.2, -0.15) is 0 Å². The molecule has 0 aliphatic rings. The summed E-state index contributed by atoms with van der Waals surface area (Å²) in [6, 6.07) is 8.83. The van der Waals surface area contributed by atoms with Gasteiger partial charge in [-0.15, -0.1) is 0 Å². The number of rotatable bonds is 8. The SMILES string of the molecule is CC(=O)OCCCCSC(F)(F)[Se]c1ccccc1. The van der Waals surface area contributed by atoms with Crippen LogP contribution < -0.4 is 4.46 Å². The molecule has 0 saturated heterocycles. The first kappa shape index (κ1) is 16.5. The van der Waals surface area contributed by atoms with Crippen LogP contribution in [0.1, 0.15) is 19.8 Å². The third kappa shape index (κ3) is 8.24. The molecule has 2 nitrogen and oxygen atoms in total. The van der Waals surface area contributed by atoms with Crippen molar-refractivity contribution in [2.75, 3.05) is 12.4 Å². The minimum absolute atomic E-state index is 0.311. The summed E-state index contributed by atoms with van der Waals surface area (Å²) >= 11 is -0.166. The average molecular weight is 353 g/mol. The molecule has 0 amide bonds. The predicted molar refractivity (Wildman–Crippen MR) is 75.1 cm³/mol. The van der Waals surface area contributed by atoms with E-state index in [1.165, 1.54) is 6.92 Å². The molecule has 0 aliphatic heterocycles. The van der Waals surface area contributed by atoms with Gasteiger partial charge < -0.3 is 0 Å². The molecule has 0 aromatic heterocycles. The van der Waals surface area contributed by atoms with Crippen LogP contribution in [0.5, 0.6) is 0 Å². The number of carbonyl (C=O) groups excluding carboxylic acids is 1. The van der Waals surface area contributed by atoms with Crippen molar-refractivity contribution in [1.82, 2.24) is 0 Å². The maximum atomic E-state index is 13.7. The Morgan fingerprint density at radius 3 is 2.63 bits per heavy atom. The van der Waals surface area contributed by atoms with Gasteiger partial charge in [-0.25, -0.2) is 0 Å². The van der Waals surface area contributed by atoms with Gasteiger partial charge in [0.1, 0.15) is 0 Å². The summed E-state index contributed by atoms with van der Waals surface area (Å²) < 4.78 is 30.1. The first-order valence-corrected chi connectivity index (χ1v) is 8.59. The second-order valence-corrected chi connectivity index (χ2v) is 8.06. The number of alkyl halides is 2. The molecule has 0 spiro atoms. The van der Waals surface area contributed by atoms with E-state index in [0.717, 1.165) is 0 Å². The van der Waals surface area contributed by atoms with E-state index in [0.29, 0.717) is 41.4 Å². The predicted octanol–water partition coefficient (Wildman–Crippen LogP) is 2.64. The Kier molecular flexibility index (Phi) is 7.42. The minimum atomic E-state index is -2.68. The third-order valence-electron chi connectivity index (χ3n) is 2.09. The van der Waals surface area contributed by atoms with Crippen molar-refractivity contribution in [3.63, 3.8) is 0 Å². The Bertz CT molecular complexity index is 387. The Morgan fingerprint density at radius 2 is 2.00 bits per heavy atom. The molecule has 1 aromatic carbocycles. The van der Waals surface area contributed by atoms with Crippen molar-refractivity contribution in [2.45, 2.75) is 23.9 Å². The number of esters is 1. The van der Waals surface area contributed by atoms with E-state index < -0.39 is 19.1 Å². The Balaban J connectivity index is 2.18. The zero-order valence-electron chi connectivity index (χ0n) is 10.6. The van der Waals surface area contributed by atoms with Gasteiger partial charge in [0.2, 0.25) is 0 Å². The van der Waals surface area contributed by atoms with Gasteiger partial charge in [-0.3, -0.25) is 0 Å². The number of ether oxygens (including phenoxy) is 1. The maximum absolute atomic E-state index is 13.7. The monoisotopic (exact) mass is 354 g/mol. The Hall–Kier alpha value is -0.581. The number of benzene rings is 1. The van der Waals surface area contributed by atoms with Crippen LogP contribution >= 0.6 is 11.8 Å². The van der Waals surface area contributed by atoms with Gasteiger partial charge in [-0.05, 0) is 0 Å². The van der Waals surface area contributed by atoms with Gasteiger partial charge in [-0.1, -0.05) is 0 Å². The summed E-state index contributed by atoms with van der Waals surface area (Å²) in [6.45, 7) is 1.65. The van der Waals surface area contributed by atoms with E-state index in [2.05, 4.69) is 0 Å². The van der Waals surface area contributed by atoms with E-state index >= 15 is 0 Å². The fourth-order valence-corrected chi connectivity index (χ4v) is 4.50. The summed E-state index contributed by atoms with van der Waals surface area (Å²) in [5.74, 6) is 0.0495. The molecule has 0 atom stereocenters. The normalized spacial score (nSPS) is 11.3. The van der Waals surface area contributed by atoms with Crippen molar-refractivity contribution >= 4 is 37.1 Å². The molecular formula is C13H16F2O2SSe. The van der Waals surface area contributed by atoms with Crippen LogP contribution in [0.2, 0.25) is 0 Å². The molecule has 0 aliphatic carbocycles. The molecule has 19 heavy (non-hydrogen) atoms. The molecule has 106 valence electrons. The molecule has 0 heterocycles. The quantitative estimate of drug-likeness (QED) is 0.408. The van der Waals surface area contributed by atoms with Crippen LogP contribution in [0.4, 0.5) is 8.78 Å². The molecule has 0 fully saturated rings. The van der Waals surface area contributed by atoms with E-state index in [1.807, 2.05) is 6.07 Å². The molecule has 0 radical (unpaired) electrons. The van der Waals surface area contributed by atoms with Crippen LogP contribution in [0.15, 0.2) is 30.3 Å². The van der Waals surface area contributed by atoms with Crippen molar-refractivity contribution in [3.05, 3.63) is 30.3 Å². The molecule has 6 heteroatoms. The van der Waals surface area contributed by atoms with Crippen LogP contribution in [-0.4, -0.2) is 37.4 Å². The van der Waals surface area contributed by atoms with Gasteiger partial charge in [0.15, 0.2) is 0 Å². The molecule has 0 N–H and O–H groups in total. The molecule has 0 bridgehead atoms. The van der Waals surface area contributed by atoms with E-state index in [4.69, 9.17) is 4.74 Å². The van der Waals surface area contributed by atoms with Crippen LogP contribution in [0.25, 0.3) is 0 Å². The van der Waals surface area contributed by atoms with Crippen LogP contribution in [-0.2, 0) is 9.53 Å². The number of thioether (sulfide) groups is 1. The van der Waals surface area contributed by atoms with Gasteiger partial charge in [0.25, 0.3) is 0 Å². The summed E-state index contributed by atoms with van der Waals surface area (Å²) in [5, 5.41) is 0. The molecule has 0 unspecified atom stereocenters. The first-order valence-electron chi connectivity index (χ1n) is 5.89. The fourth-order valence-electron chi connectivity index (χ4n) is 1.27. The summed E-state index contributed by atoms with van der Waals surface area (Å²) in [7, 11) is 0. The number of carbonyl (C=O) groups is 1. The molecular weight excluding hydrogens is 337 g/mol. The zero-order valence-corrected chi connectivity index (χ0v) is 13.1. The fraction of sp³-hybridized carbons (Fsp3) is 0.462. The molecule has 1 rings (SSSR count). The van der Waals surface area contributed by atoms with Crippen molar-refractivity contribution in [3.8, 4) is 0 Å². The summed E-state index contributed by atoms with van der Waals surface area (Å²) in [5.41, 5.74) is 0. The first-order chi connectivity index (χ1) is 8.99. The molecule has 1 aromatic rings. The van der Waals surface area contributed by atoms with Crippen LogP contribution in [0.3, 0.4) is 0 Å². The number of halogens is 2. The van der Waals surface area contributed by atoms with Gasteiger partial charge >= 0.3 is 122 Å². The topological polar surface area (TPSA) is 26.3 Å². The van der Waals surface area contributed by atoms with Crippen LogP contribution in [0, 0.1) is 0 Å². The standard InChI is InChI=1S/C13H16F2O2SSe/c1-11(16)17-9-5-6-10-18-13(14,15)19-12-7-3-2-4-8-12/h2-4,7-8H,5-6,9-10H2,1H3. The number of hydrogen-bond donors (Lipinski definition) is 0. The number of hydrogen-bond acceptors (Lipinski definition) is 3. The second kappa shape index (κ2) is 8.56. The van der Waals surface area contributed by atoms with Crippen molar-refractivity contribution in [1.29, 1.82) is 0 Å². The zero-order chi connectivity index (χ0) is 14.1. The van der Waals surface area contributed by atoms with E-state index in [1.54, 1.807) is 24.3 Å². The summed E-state index contributed by atoms with van der Waals surface area (Å²) in [6.07, 6.45) is 1.25. The second-order valence-electron chi connectivity index (χ2n) is 3.77. The summed E-state index contributed by atoms with van der Waals surface area (Å²) in [4.78, 5) is 10.5. The van der Waals surface area contributed by atoms with E-state index in [-0.39, 0.29) is 5.97 Å². The van der Waals surface area contributed by atoms with E-state index in [9.17, 15) is 13.6 Å². The average Bonchev–Trinajstić information content (AvgIpc) is 2.34. The van der Waals surface area contributed by atoms with Crippen molar-refractivity contribution < 1.29 is 18.3 Å². The third-order valence-corrected chi connectivity index (χ3v) is 5.66. The Labute approximate surface area is 122 Å². The van der Waals surface area contributed by atoms with Gasteiger partial charge in [0.05, 0.1) is 0 Å².